The average molecular weight is 273 g/mol. The van der Waals surface area contributed by atoms with Crippen molar-refractivity contribution in [3.8, 4) is 5.95 Å². The minimum absolute atomic E-state index is 0.500. The number of hydrogen-bond acceptors (Lipinski definition) is 6. The number of rotatable bonds is 3. The van der Waals surface area contributed by atoms with Crippen LogP contribution in [0.1, 0.15) is 6.42 Å². The quantitative estimate of drug-likeness (QED) is 0.871. The lowest BCUT2D eigenvalue weighted by molar-refractivity contribution is 0.315. The number of likely N-dealkylation sites (N-methyl/N-ethyl adjacent to an activating group) is 1. The molecule has 1 aliphatic heterocycles. The van der Waals surface area contributed by atoms with Gasteiger partial charge in [-0.3, -0.25) is 0 Å². The summed E-state index contributed by atoms with van der Waals surface area (Å²) in [5.74, 6) is 1.00. The number of nitrogens with zero attached hydrogens (tertiary/aromatic N) is 6. The molecule has 1 fully saturated rings. The lowest BCUT2D eigenvalue weighted by atomic mass is 10.2. The highest BCUT2D eigenvalue weighted by atomic mass is 15.3. The fraction of sp³-hybridized carbons (Fsp3) is 0.462. The molecule has 7 nitrogen and oxygen atoms in total. The van der Waals surface area contributed by atoms with E-state index >= 15 is 0 Å². The first kappa shape index (κ1) is 12.9. The topological polar surface area (TPSA) is 76.1 Å². The smallest absolute Gasteiger partial charge is 0.252 e. The van der Waals surface area contributed by atoms with E-state index < -0.39 is 0 Å². The summed E-state index contributed by atoms with van der Waals surface area (Å²) in [6.45, 7) is 1.94. The van der Waals surface area contributed by atoms with Crippen molar-refractivity contribution in [2.24, 2.45) is 0 Å². The molecule has 3 heterocycles. The fourth-order valence-corrected chi connectivity index (χ4v) is 2.50. The minimum atomic E-state index is 0.500. The molecule has 0 aromatic carbocycles. The molecule has 2 aromatic heterocycles. The highest BCUT2D eigenvalue weighted by Crippen LogP contribution is 2.26. The predicted octanol–water partition coefficient (Wildman–Crippen LogP) is 0.385. The largest absolute Gasteiger partial charge is 0.382 e. The summed E-state index contributed by atoms with van der Waals surface area (Å²) in [5.41, 5.74) is 6.99. The predicted molar refractivity (Wildman–Crippen MR) is 77.9 cm³/mol. The molecule has 7 heteroatoms. The van der Waals surface area contributed by atoms with E-state index in [1.54, 1.807) is 23.3 Å². The van der Waals surface area contributed by atoms with Crippen LogP contribution >= 0.6 is 0 Å². The van der Waals surface area contributed by atoms with Gasteiger partial charge in [0.25, 0.3) is 5.95 Å². The van der Waals surface area contributed by atoms with Crippen molar-refractivity contribution in [2.75, 3.05) is 37.8 Å². The molecule has 0 amide bonds. The van der Waals surface area contributed by atoms with E-state index in [0.717, 1.165) is 25.2 Å². The monoisotopic (exact) mass is 273 g/mol. The van der Waals surface area contributed by atoms with Crippen LogP contribution in [0.25, 0.3) is 5.95 Å². The maximum absolute atomic E-state index is 6.08. The summed E-state index contributed by atoms with van der Waals surface area (Å²) in [6.07, 6.45) is 6.41. The zero-order valence-corrected chi connectivity index (χ0v) is 11.8. The molecular formula is C13H19N7. The molecule has 0 saturated carbocycles. The van der Waals surface area contributed by atoms with E-state index in [4.69, 9.17) is 5.73 Å². The van der Waals surface area contributed by atoms with Crippen molar-refractivity contribution >= 4 is 11.5 Å². The number of nitrogens with two attached hydrogens (primary N) is 1. The van der Waals surface area contributed by atoms with Crippen LogP contribution in [-0.2, 0) is 0 Å². The molecule has 0 unspecified atom stereocenters. The Labute approximate surface area is 118 Å². The van der Waals surface area contributed by atoms with E-state index in [1.807, 2.05) is 6.07 Å². The number of anilines is 2. The molecule has 1 saturated heterocycles. The maximum atomic E-state index is 6.08. The Hall–Kier alpha value is -2.15. The zero-order chi connectivity index (χ0) is 14.1. The minimum Gasteiger partial charge on any atom is -0.382 e. The molecule has 2 N–H and O–H groups in total. The van der Waals surface area contributed by atoms with Crippen molar-refractivity contribution in [3.05, 3.63) is 24.7 Å². The van der Waals surface area contributed by atoms with Crippen LogP contribution in [0.3, 0.4) is 0 Å². The second kappa shape index (κ2) is 5.09. The number of aromatic nitrogens is 4. The Morgan fingerprint density at radius 3 is 2.85 bits per heavy atom. The van der Waals surface area contributed by atoms with E-state index in [9.17, 15) is 0 Å². The van der Waals surface area contributed by atoms with Gasteiger partial charge >= 0.3 is 0 Å². The van der Waals surface area contributed by atoms with Gasteiger partial charge in [0.1, 0.15) is 0 Å². The van der Waals surface area contributed by atoms with Gasteiger partial charge in [-0.2, -0.15) is 10.1 Å². The van der Waals surface area contributed by atoms with Gasteiger partial charge in [-0.15, -0.1) is 0 Å². The highest BCUT2D eigenvalue weighted by Gasteiger charge is 2.26. The third kappa shape index (κ3) is 2.32. The molecular weight excluding hydrogens is 254 g/mol. The van der Waals surface area contributed by atoms with E-state index in [0.29, 0.717) is 17.8 Å². The summed E-state index contributed by atoms with van der Waals surface area (Å²) >= 11 is 0. The van der Waals surface area contributed by atoms with Gasteiger partial charge in [-0.1, -0.05) is 0 Å². The fourth-order valence-electron chi connectivity index (χ4n) is 2.50. The maximum Gasteiger partial charge on any atom is 0.252 e. The van der Waals surface area contributed by atoms with E-state index in [-0.39, 0.29) is 0 Å². The van der Waals surface area contributed by atoms with Crippen molar-refractivity contribution in [2.45, 2.75) is 12.5 Å². The molecule has 106 valence electrons. The van der Waals surface area contributed by atoms with Crippen molar-refractivity contribution in [1.29, 1.82) is 0 Å². The lowest BCUT2D eigenvalue weighted by Crippen LogP contribution is -2.31. The Bertz CT molecular complexity index is 578. The molecule has 20 heavy (non-hydrogen) atoms. The number of nitrogen functional groups attached to an aromatic ring is 1. The van der Waals surface area contributed by atoms with Crippen LogP contribution in [-0.4, -0.2) is 57.9 Å². The van der Waals surface area contributed by atoms with Gasteiger partial charge in [0, 0.05) is 31.5 Å². The Morgan fingerprint density at radius 2 is 2.25 bits per heavy atom. The molecule has 0 spiro atoms. The molecule has 1 aliphatic rings. The van der Waals surface area contributed by atoms with Crippen LogP contribution in [0.5, 0.6) is 0 Å². The van der Waals surface area contributed by atoms with Crippen LogP contribution < -0.4 is 10.6 Å². The Kier molecular flexibility index (Phi) is 3.27. The molecule has 0 radical (unpaired) electrons. The second-order valence-corrected chi connectivity index (χ2v) is 5.24. The summed E-state index contributed by atoms with van der Waals surface area (Å²) in [4.78, 5) is 13.2. The summed E-state index contributed by atoms with van der Waals surface area (Å²) in [7, 11) is 4.21. The van der Waals surface area contributed by atoms with Gasteiger partial charge < -0.3 is 15.5 Å². The first-order chi connectivity index (χ1) is 9.65. The first-order valence-corrected chi connectivity index (χ1v) is 6.69. The van der Waals surface area contributed by atoms with E-state index in [1.165, 1.54) is 0 Å². The normalized spacial score (nSPS) is 18.9. The summed E-state index contributed by atoms with van der Waals surface area (Å²) in [5, 5.41) is 4.11. The third-order valence-electron chi connectivity index (χ3n) is 3.73. The van der Waals surface area contributed by atoms with Gasteiger partial charge in [0.05, 0.1) is 11.9 Å². The van der Waals surface area contributed by atoms with E-state index in [2.05, 4.69) is 39.0 Å². The highest BCUT2D eigenvalue weighted by molar-refractivity contribution is 5.63. The summed E-state index contributed by atoms with van der Waals surface area (Å²) < 4.78 is 1.60. The van der Waals surface area contributed by atoms with Gasteiger partial charge in [0.15, 0.2) is 5.82 Å². The van der Waals surface area contributed by atoms with Crippen molar-refractivity contribution < 1.29 is 0 Å². The Morgan fingerprint density at radius 1 is 1.40 bits per heavy atom. The third-order valence-corrected chi connectivity index (χ3v) is 3.73. The molecule has 2 aromatic rings. The van der Waals surface area contributed by atoms with Crippen LogP contribution in [0.2, 0.25) is 0 Å². The molecule has 0 aliphatic carbocycles. The van der Waals surface area contributed by atoms with Gasteiger partial charge in [-0.05, 0) is 26.6 Å². The van der Waals surface area contributed by atoms with Gasteiger partial charge in [0.2, 0.25) is 0 Å². The van der Waals surface area contributed by atoms with Crippen molar-refractivity contribution in [3.63, 3.8) is 0 Å². The Balaban J connectivity index is 1.82. The van der Waals surface area contributed by atoms with Crippen LogP contribution in [0, 0.1) is 0 Å². The van der Waals surface area contributed by atoms with Gasteiger partial charge in [-0.25, -0.2) is 9.67 Å². The molecule has 1 atom stereocenters. The standard InChI is InChI=1S/C13H19N7/c1-18(2)10-4-7-19(9-10)11-8-15-13(17-12(11)14)20-6-3-5-16-20/h3,5-6,8,10H,4,7,9H2,1-2H3,(H2,14,15,17)/t10-/m0/s1. The molecule has 0 bridgehead atoms. The summed E-state index contributed by atoms with van der Waals surface area (Å²) in [6, 6.07) is 2.38. The average Bonchev–Trinajstić information content (AvgIpc) is 3.10. The lowest BCUT2D eigenvalue weighted by Gasteiger charge is -2.22. The first-order valence-electron chi connectivity index (χ1n) is 6.69. The second-order valence-electron chi connectivity index (χ2n) is 5.24. The number of hydrogen-bond donors (Lipinski definition) is 1. The zero-order valence-electron chi connectivity index (χ0n) is 11.8. The van der Waals surface area contributed by atoms with Crippen LogP contribution in [0.15, 0.2) is 24.7 Å². The van der Waals surface area contributed by atoms with Crippen molar-refractivity contribution in [1.82, 2.24) is 24.6 Å². The van der Waals surface area contributed by atoms with Crippen LogP contribution in [0.4, 0.5) is 11.5 Å². The SMILES string of the molecule is CN(C)[C@H]1CCN(c2cnc(-n3cccn3)nc2N)C1. The molecule has 3 rings (SSSR count).